The second-order valence-corrected chi connectivity index (χ2v) is 5.25. The van der Waals surface area contributed by atoms with Gasteiger partial charge in [-0.1, -0.05) is 0 Å². The van der Waals surface area contributed by atoms with Crippen LogP contribution in [0.15, 0.2) is 23.2 Å². The normalized spacial score (nSPS) is 11.1. The zero-order chi connectivity index (χ0) is 15.5. The van der Waals surface area contributed by atoms with Crippen LogP contribution in [-0.4, -0.2) is 45.3 Å². The third-order valence-electron chi connectivity index (χ3n) is 2.77. The minimum Gasteiger partial charge on any atom is -0.493 e. The van der Waals surface area contributed by atoms with Crippen molar-refractivity contribution in [3.8, 4) is 11.5 Å². The van der Waals surface area contributed by atoms with Gasteiger partial charge in [-0.05, 0) is 37.5 Å². The second-order valence-electron chi connectivity index (χ2n) is 4.27. The lowest BCUT2D eigenvalue weighted by Crippen LogP contribution is -2.31. The maximum absolute atomic E-state index is 5.51. The Labute approximate surface area is 131 Å². The quantitative estimate of drug-likeness (QED) is 0.439. The predicted molar refractivity (Wildman–Crippen MR) is 92.1 cm³/mol. The Hall–Kier alpha value is -1.56. The summed E-state index contributed by atoms with van der Waals surface area (Å²) >= 11 is 1.85. The van der Waals surface area contributed by atoms with E-state index in [9.17, 15) is 0 Å². The number of methoxy groups -OCH3 is 1. The van der Waals surface area contributed by atoms with Crippen LogP contribution in [0.5, 0.6) is 11.5 Å². The lowest BCUT2D eigenvalue weighted by molar-refractivity contribution is 0.311. The van der Waals surface area contributed by atoms with Gasteiger partial charge in [0, 0.05) is 25.3 Å². The highest BCUT2D eigenvalue weighted by Gasteiger charge is 2.06. The Kier molecular flexibility index (Phi) is 8.50. The Morgan fingerprint density at radius 3 is 2.76 bits per heavy atom. The van der Waals surface area contributed by atoms with Crippen molar-refractivity contribution in [2.75, 3.05) is 44.6 Å². The van der Waals surface area contributed by atoms with E-state index in [0.29, 0.717) is 12.4 Å². The van der Waals surface area contributed by atoms with Crippen molar-refractivity contribution in [3.63, 3.8) is 0 Å². The molecule has 1 aromatic carbocycles. The molecular weight excluding hydrogens is 286 g/mol. The van der Waals surface area contributed by atoms with Crippen LogP contribution in [0.4, 0.5) is 5.69 Å². The number of nitrogens with one attached hydrogen (secondary N) is 2. The first-order chi connectivity index (χ1) is 10.2. The molecule has 0 unspecified atom stereocenters. The third kappa shape index (κ3) is 6.16. The number of benzene rings is 1. The van der Waals surface area contributed by atoms with Crippen molar-refractivity contribution in [1.29, 1.82) is 0 Å². The van der Waals surface area contributed by atoms with Gasteiger partial charge in [-0.3, -0.25) is 4.99 Å². The van der Waals surface area contributed by atoms with Gasteiger partial charge in [0.1, 0.15) is 0 Å². The highest BCUT2D eigenvalue weighted by Crippen LogP contribution is 2.30. The Morgan fingerprint density at radius 2 is 2.14 bits per heavy atom. The number of guanidine groups is 1. The predicted octanol–water partition coefficient (Wildman–Crippen LogP) is 2.83. The molecule has 2 N–H and O–H groups in total. The molecule has 1 rings (SSSR count). The number of hydrogen-bond acceptors (Lipinski definition) is 4. The number of nitrogens with zero attached hydrogens (tertiary/aromatic N) is 1. The van der Waals surface area contributed by atoms with Crippen molar-refractivity contribution in [2.45, 2.75) is 13.3 Å². The Balaban J connectivity index is 2.63. The van der Waals surface area contributed by atoms with E-state index in [4.69, 9.17) is 9.47 Å². The zero-order valence-corrected chi connectivity index (χ0v) is 14.0. The minimum absolute atomic E-state index is 0.613. The zero-order valence-electron chi connectivity index (χ0n) is 13.2. The topological polar surface area (TPSA) is 54.9 Å². The van der Waals surface area contributed by atoms with E-state index >= 15 is 0 Å². The molecule has 6 heteroatoms. The van der Waals surface area contributed by atoms with E-state index in [-0.39, 0.29) is 0 Å². The van der Waals surface area contributed by atoms with E-state index in [1.54, 1.807) is 14.2 Å². The van der Waals surface area contributed by atoms with Crippen LogP contribution in [-0.2, 0) is 0 Å². The van der Waals surface area contributed by atoms with Gasteiger partial charge >= 0.3 is 0 Å². The summed E-state index contributed by atoms with van der Waals surface area (Å²) in [4.78, 5) is 4.21. The van der Waals surface area contributed by atoms with Crippen molar-refractivity contribution in [2.24, 2.45) is 4.99 Å². The summed E-state index contributed by atoms with van der Waals surface area (Å²) in [6.45, 7) is 3.46. The molecule has 0 bridgehead atoms. The third-order valence-corrected chi connectivity index (χ3v) is 3.46. The van der Waals surface area contributed by atoms with Crippen molar-refractivity contribution >= 4 is 23.4 Å². The molecule has 0 saturated carbocycles. The van der Waals surface area contributed by atoms with E-state index in [1.807, 2.05) is 36.9 Å². The highest BCUT2D eigenvalue weighted by atomic mass is 32.2. The molecule has 118 valence electrons. The average Bonchev–Trinajstić information content (AvgIpc) is 2.51. The fraction of sp³-hybridized carbons (Fsp3) is 0.533. The first-order valence-electron chi connectivity index (χ1n) is 7.02. The minimum atomic E-state index is 0.613. The summed E-state index contributed by atoms with van der Waals surface area (Å²) in [6, 6.07) is 5.74. The Bertz CT molecular complexity index is 453. The first kappa shape index (κ1) is 17.5. The number of ether oxygens (including phenoxy) is 2. The van der Waals surface area contributed by atoms with Crippen LogP contribution in [0.1, 0.15) is 13.3 Å². The summed E-state index contributed by atoms with van der Waals surface area (Å²) in [5.74, 6) is 3.34. The maximum atomic E-state index is 5.51. The van der Waals surface area contributed by atoms with E-state index in [0.717, 1.165) is 36.1 Å². The molecular formula is C15H25N3O2S. The van der Waals surface area contributed by atoms with Crippen LogP contribution < -0.4 is 20.1 Å². The Morgan fingerprint density at radius 1 is 1.33 bits per heavy atom. The second kappa shape index (κ2) is 10.2. The van der Waals surface area contributed by atoms with Gasteiger partial charge in [0.25, 0.3) is 0 Å². The lowest BCUT2D eigenvalue weighted by atomic mass is 10.2. The van der Waals surface area contributed by atoms with Gasteiger partial charge in [0.05, 0.1) is 13.7 Å². The summed E-state index contributed by atoms with van der Waals surface area (Å²) in [5.41, 5.74) is 0.910. The number of hydrogen-bond donors (Lipinski definition) is 2. The smallest absolute Gasteiger partial charge is 0.195 e. The van der Waals surface area contributed by atoms with Gasteiger partial charge in [-0.15, -0.1) is 0 Å². The van der Waals surface area contributed by atoms with Crippen LogP contribution in [0.25, 0.3) is 0 Å². The first-order valence-corrected chi connectivity index (χ1v) is 8.42. The van der Waals surface area contributed by atoms with Crippen molar-refractivity contribution in [1.82, 2.24) is 5.32 Å². The lowest BCUT2D eigenvalue weighted by Gasteiger charge is -2.14. The van der Waals surface area contributed by atoms with Gasteiger partial charge in [0.15, 0.2) is 17.5 Å². The van der Waals surface area contributed by atoms with E-state index in [1.165, 1.54) is 0 Å². The monoisotopic (exact) mass is 311 g/mol. The molecule has 0 aliphatic carbocycles. The highest BCUT2D eigenvalue weighted by molar-refractivity contribution is 7.98. The molecule has 0 aliphatic heterocycles. The van der Waals surface area contributed by atoms with Gasteiger partial charge in [-0.2, -0.15) is 11.8 Å². The van der Waals surface area contributed by atoms with Crippen LogP contribution in [0.3, 0.4) is 0 Å². The molecule has 0 atom stereocenters. The molecule has 21 heavy (non-hydrogen) atoms. The number of rotatable bonds is 8. The van der Waals surface area contributed by atoms with Gasteiger partial charge in [0.2, 0.25) is 0 Å². The molecule has 1 aromatic rings. The van der Waals surface area contributed by atoms with Crippen molar-refractivity contribution in [3.05, 3.63) is 18.2 Å². The summed E-state index contributed by atoms with van der Waals surface area (Å²) in [6.07, 6.45) is 3.22. The molecule has 0 spiro atoms. The molecule has 0 amide bonds. The van der Waals surface area contributed by atoms with Crippen LogP contribution in [0, 0.1) is 0 Å². The standard InChI is InChI=1S/C15H25N3O2S/c1-5-20-13-8-7-12(11-14(13)19-3)18-15(16-2)17-9-6-10-21-4/h7-8,11H,5-6,9-10H2,1-4H3,(H2,16,17,18). The molecule has 0 saturated heterocycles. The summed E-state index contributed by atoms with van der Waals surface area (Å²) < 4.78 is 10.8. The molecule has 0 fully saturated rings. The molecule has 5 nitrogen and oxygen atoms in total. The number of anilines is 1. The van der Waals surface area contributed by atoms with E-state index < -0.39 is 0 Å². The fourth-order valence-corrected chi connectivity index (χ4v) is 2.19. The molecule has 0 aromatic heterocycles. The molecule has 0 radical (unpaired) electrons. The average molecular weight is 311 g/mol. The SMILES string of the molecule is CCOc1ccc(NC(=NC)NCCCSC)cc1OC. The fourth-order valence-electron chi connectivity index (χ4n) is 1.76. The summed E-state index contributed by atoms with van der Waals surface area (Å²) in [7, 11) is 3.40. The number of thioether (sulfide) groups is 1. The van der Waals surface area contributed by atoms with E-state index in [2.05, 4.69) is 21.9 Å². The maximum Gasteiger partial charge on any atom is 0.195 e. The molecule has 0 heterocycles. The largest absolute Gasteiger partial charge is 0.493 e. The van der Waals surface area contributed by atoms with Gasteiger partial charge in [-0.25, -0.2) is 0 Å². The number of aliphatic imine (C=N–C) groups is 1. The van der Waals surface area contributed by atoms with Crippen molar-refractivity contribution < 1.29 is 9.47 Å². The van der Waals surface area contributed by atoms with Crippen LogP contribution >= 0.6 is 11.8 Å². The van der Waals surface area contributed by atoms with Gasteiger partial charge < -0.3 is 20.1 Å². The summed E-state index contributed by atoms with van der Waals surface area (Å²) in [5, 5.41) is 6.53. The van der Waals surface area contributed by atoms with Crippen LogP contribution in [0.2, 0.25) is 0 Å². The molecule has 0 aliphatic rings.